The van der Waals surface area contributed by atoms with Crippen molar-refractivity contribution < 1.29 is 9.53 Å². The van der Waals surface area contributed by atoms with Crippen LogP contribution in [0.3, 0.4) is 0 Å². The van der Waals surface area contributed by atoms with Gasteiger partial charge in [0.1, 0.15) is 0 Å². The number of Topliss-reactive ketones (excluding diaryl/α,β-unsaturated/α-hetero) is 1. The highest BCUT2D eigenvalue weighted by atomic mass is 32.1. The van der Waals surface area contributed by atoms with Gasteiger partial charge < -0.3 is 4.74 Å². The van der Waals surface area contributed by atoms with Crippen molar-refractivity contribution in [3.8, 4) is 0 Å². The van der Waals surface area contributed by atoms with Crippen molar-refractivity contribution in [1.82, 2.24) is 0 Å². The average molecular weight is 208 g/mol. The average Bonchev–Trinajstić information content (AvgIpc) is 2.72. The lowest BCUT2D eigenvalue weighted by atomic mass is 10.1. The van der Waals surface area contributed by atoms with Crippen LogP contribution >= 0.6 is 11.3 Å². The number of carbonyl (C=O) groups excluding carboxylic acids is 1. The monoisotopic (exact) mass is 208 g/mol. The van der Waals surface area contributed by atoms with Crippen LogP contribution in [-0.4, -0.2) is 12.4 Å². The Morgan fingerprint density at radius 1 is 1.57 bits per heavy atom. The summed E-state index contributed by atoms with van der Waals surface area (Å²) in [5.74, 6) is 0.664. The van der Waals surface area contributed by atoms with Crippen LogP contribution in [0.2, 0.25) is 0 Å². The zero-order valence-corrected chi connectivity index (χ0v) is 8.68. The normalized spacial score (nSPS) is 15.9. The molecule has 2 rings (SSSR count). The van der Waals surface area contributed by atoms with Crippen molar-refractivity contribution >= 4 is 17.1 Å². The lowest BCUT2D eigenvalue weighted by Gasteiger charge is -2.13. The Hall–Kier alpha value is -1.09. The van der Waals surface area contributed by atoms with Gasteiger partial charge in [0.25, 0.3) is 0 Å². The third-order valence-corrected chi connectivity index (χ3v) is 3.00. The summed E-state index contributed by atoms with van der Waals surface area (Å²) < 4.78 is 5.30. The van der Waals surface area contributed by atoms with Crippen LogP contribution in [0.15, 0.2) is 29.3 Å². The molecule has 0 spiro atoms. The number of allylic oxidation sites excluding steroid dienone is 2. The minimum absolute atomic E-state index is 0.104. The zero-order chi connectivity index (χ0) is 9.80. The minimum atomic E-state index is 0.104. The van der Waals surface area contributed by atoms with E-state index in [1.165, 1.54) is 0 Å². The van der Waals surface area contributed by atoms with Gasteiger partial charge in [0.15, 0.2) is 5.76 Å². The topological polar surface area (TPSA) is 26.3 Å². The fourth-order valence-electron chi connectivity index (χ4n) is 1.41. The van der Waals surface area contributed by atoms with Crippen LogP contribution in [0.1, 0.15) is 17.7 Å². The molecule has 0 atom stereocenters. The fourth-order valence-corrected chi connectivity index (χ4v) is 2.11. The van der Waals surface area contributed by atoms with Crippen LogP contribution in [0.25, 0.3) is 0 Å². The van der Waals surface area contributed by atoms with Crippen LogP contribution in [0.5, 0.6) is 0 Å². The van der Waals surface area contributed by atoms with E-state index in [9.17, 15) is 4.79 Å². The van der Waals surface area contributed by atoms with Crippen molar-refractivity contribution in [1.29, 1.82) is 0 Å². The number of rotatable bonds is 3. The quantitative estimate of drug-likeness (QED) is 0.763. The molecule has 2 heterocycles. The largest absolute Gasteiger partial charge is 0.490 e. The maximum Gasteiger partial charge on any atom is 0.202 e. The van der Waals surface area contributed by atoms with Gasteiger partial charge in [0.2, 0.25) is 5.78 Å². The molecule has 0 aromatic carbocycles. The number of ketones is 1. The van der Waals surface area contributed by atoms with Crippen molar-refractivity contribution in [3.05, 3.63) is 34.2 Å². The minimum Gasteiger partial charge on any atom is -0.490 e. The zero-order valence-electron chi connectivity index (χ0n) is 7.86. The van der Waals surface area contributed by atoms with Gasteiger partial charge in [0.05, 0.1) is 6.61 Å². The molecule has 0 bridgehead atoms. The van der Waals surface area contributed by atoms with E-state index in [2.05, 4.69) is 0 Å². The molecule has 0 amide bonds. The summed E-state index contributed by atoms with van der Waals surface area (Å²) in [6.07, 6.45) is 4.37. The second-order valence-electron chi connectivity index (χ2n) is 3.24. The van der Waals surface area contributed by atoms with Gasteiger partial charge in [-0.2, -0.15) is 0 Å². The Balaban J connectivity index is 1.98. The number of carbonyl (C=O) groups is 1. The second-order valence-corrected chi connectivity index (χ2v) is 4.27. The van der Waals surface area contributed by atoms with Crippen molar-refractivity contribution in [2.45, 2.75) is 19.3 Å². The van der Waals surface area contributed by atoms with E-state index in [0.717, 1.165) is 17.7 Å². The third kappa shape index (κ3) is 2.23. The number of ether oxygens (including phenoxy) is 1. The van der Waals surface area contributed by atoms with E-state index >= 15 is 0 Å². The first-order chi connectivity index (χ1) is 6.86. The second kappa shape index (κ2) is 4.42. The maximum atomic E-state index is 11.7. The molecular formula is C11H12O2S. The summed E-state index contributed by atoms with van der Waals surface area (Å²) in [4.78, 5) is 12.8. The summed E-state index contributed by atoms with van der Waals surface area (Å²) in [6, 6.07) is 3.94. The van der Waals surface area contributed by atoms with Gasteiger partial charge in [-0.1, -0.05) is 6.07 Å². The summed E-state index contributed by atoms with van der Waals surface area (Å²) >= 11 is 1.61. The van der Waals surface area contributed by atoms with E-state index in [1.54, 1.807) is 11.3 Å². The van der Waals surface area contributed by atoms with Gasteiger partial charge in [-0.15, -0.1) is 11.3 Å². The van der Waals surface area contributed by atoms with E-state index in [0.29, 0.717) is 18.8 Å². The molecule has 2 nitrogen and oxygen atoms in total. The van der Waals surface area contributed by atoms with Crippen LogP contribution < -0.4 is 0 Å². The van der Waals surface area contributed by atoms with Gasteiger partial charge >= 0.3 is 0 Å². The fraction of sp³-hybridized carbons (Fsp3) is 0.364. The molecule has 0 saturated heterocycles. The Labute approximate surface area is 87.2 Å². The summed E-state index contributed by atoms with van der Waals surface area (Å²) in [5, 5.41) is 1.98. The summed E-state index contributed by atoms with van der Waals surface area (Å²) in [6.45, 7) is 0.683. The Bertz CT molecular complexity index is 338. The molecule has 3 heteroatoms. The lowest BCUT2D eigenvalue weighted by Crippen LogP contribution is -2.12. The molecule has 1 aliphatic rings. The Morgan fingerprint density at radius 3 is 3.14 bits per heavy atom. The van der Waals surface area contributed by atoms with Crippen molar-refractivity contribution in [2.75, 3.05) is 6.61 Å². The maximum absolute atomic E-state index is 11.7. The van der Waals surface area contributed by atoms with E-state index in [1.807, 2.05) is 23.6 Å². The lowest BCUT2D eigenvalue weighted by molar-refractivity contribution is -0.118. The highest BCUT2D eigenvalue weighted by molar-refractivity contribution is 7.10. The molecule has 0 radical (unpaired) electrons. The molecule has 0 aliphatic carbocycles. The Morgan fingerprint density at radius 2 is 2.50 bits per heavy atom. The predicted molar refractivity (Wildman–Crippen MR) is 56.3 cm³/mol. The smallest absolute Gasteiger partial charge is 0.202 e. The molecule has 1 aromatic heterocycles. The first-order valence-electron chi connectivity index (χ1n) is 4.75. The molecule has 1 aliphatic heterocycles. The van der Waals surface area contributed by atoms with Gasteiger partial charge in [-0.05, 0) is 30.4 Å². The summed E-state index contributed by atoms with van der Waals surface area (Å²) in [5.41, 5.74) is 0. The van der Waals surface area contributed by atoms with Gasteiger partial charge in [-0.3, -0.25) is 4.79 Å². The molecule has 0 N–H and O–H groups in total. The first-order valence-corrected chi connectivity index (χ1v) is 5.63. The van der Waals surface area contributed by atoms with E-state index < -0.39 is 0 Å². The molecule has 0 unspecified atom stereocenters. The highest BCUT2D eigenvalue weighted by Gasteiger charge is 2.14. The third-order valence-electron chi connectivity index (χ3n) is 2.13. The molecular weight excluding hydrogens is 196 g/mol. The number of hydrogen-bond donors (Lipinski definition) is 0. The molecule has 1 aromatic rings. The number of thiophene rings is 1. The van der Waals surface area contributed by atoms with E-state index in [4.69, 9.17) is 4.74 Å². The van der Waals surface area contributed by atoms with Crippen LogP contribution in [-0.2, 0) is 16.0 Å². The molecule has 14 heavy (non-hydrogen) atoms. The van der Waals surface area contributed by atoms with Crippen LogP contribution in [0.4, 0.5) is 0 Å². The molecule has 0 saturated carbocycles. The first kappa shape index (κ1) is 9.46. The van der Waals surface area contributed by atoms with E-state index in [-0.39, 0.29) is 5.78 Å². The van der Waals surface area contributed by atoms with Crippen LogP contribution in [0, 0.1) is 0 Å². The van der Waals surface area contributed by atoms with Crippen molar-refractivity contribution in [2.24, 2.45) is 0 Å². The summed E-state index contributed by atoms with van der Waals surface area (Å²) in [7, 11) is 0. The number of hydrogen-bond acceptors (Lipinski definition) is 3. The van der Waals surface area contributed by atoms with Gasteiger partial charge in [-0.25, -0.2) is 0 Å². The van der Waals surface area contributed by atoms with Gasteiger partial charge in [0, 0.05) is 11.3 Å². The standard InChI is InChI=1S/C11H12O2S/c12-10(8-9-4-3-7-14-9)11-5-1-2-6-13-11/h3-5,7H,1-2,6,8H2. The molecule has 74 valence electrons. The Kier molecular flexibility index (Phi) is 2.99. The SMILES string of the molecule is O=C(Cc1cccs1)C1=CCCCO1. The predicted octanol–water partition coefficient (Wildman–Crippen LogP) is 2.55. The molecule has 0 fully saturated rings. The highest BCUT2D eigenvalue weighted by Crippen LogP contribution is 2.16. The van der Waals surface area contributed by atoms with Crippen molar-refractivity contribution in [3.63, 3.8) is 0 Å².